The maximum Gasteiger partial charge on any atom is 0.416 e. The van der Waals surface area contributed by atoms with Gasteiger partial charge < -0.3 is 4.74 Å². The van der Waals surface area contributed by atoms with Crippen LogP contribution in [0, 0.1) is 0 Å². The molecule has 0 fully saturated rings. The second kappa shape index (κ2) is 5.30. The van der Waals surface area contributed by atoms with E-state index in [0.717, 1.165) is 18.6 Å². The van der Waals surface area contributed by atoms with Crippen LogP contribution in [0.25, 0.3) is 0 Å². The van der Waals surface area contributed by atoms with Crippen LogP contribution in [0.5, 0.6) is 5.75 Å². The van der Waals surface area contributed by atoms with Crippen LogP contribution in [-0.4, -0.2) is 12.4 Å². The van der Waals surface area contributed by atoms with Crippen LogP contribution in [0.2, 0.25) is 0 Å². The Morgan fingerprint density at radius 1 is 1.13 bits per heavy atom. The first-order valence-corrected chi connectivity index (χ1v) is 5.08. The smallest absolute Gasteiger partial charge is 0.416 e. The van der Waals surface area contributed by atoms with Crippen LogP contribution in [0.15, 0.2) is 24.3 Å². The van der Waals surface area contributed by atoms with Gasteiger partial charge in [0.15, 0.2) is 0 Å². The zero-order chi connectivity index (χ0) is 11.3. The molecule has 0 saturated carbocycles. The van der Waals surface area contributed by atoms with Crippen LogP contribution in [0.1, 0.15) is 12.0 Å². The van der Waals surface area contributed by atoms with Gasteiger partial charge >= 0.3 is 6.18 Å². The normalized spacial score (nSPS) is 11.5. The van der Waals surface area contributed by atoms with E-state index in [1.807, 2.05) is 0 Å². The van der Waals surface area contributed by atoms with Crippen molar-refractivity contribution >= 4 is 12.6 Å². The van der Waals surface area contributed by atoms with Gasteiger partial charge in [-0.25, -0.2) is 0 Å². The summed E-state index contributed by atoms with van der Waals surface area (Å²) in [6.07, 6.45) is -3.52. The second-order valence-corrected chi connectivity index (χ2v) is 3.39. The van der Waals surface area contributed by atoms with Gasteiger partial charge in [0, 0.05) is 0 Å². The first-order valence-electron chi connectivity index (χ1n) is 4.45. The minimum absolute atomic E-state index is 0.449. The first-order chi connectivity index (χ1) is 7.04. The summed E-state index contributed by atoms with van der Waals surface area (Å²) in [5.41, 5.74) is -0.663. The lowest BCUT2D eigenvalue weighted by Gasteiger charge is -2.08. The van der Waals surface area contributed by atoms with Crippen molar-refractivity contribution in [1.82, 2.24) is 0 Å². The summed E-state index contributed by atoms with van der Waals surface area (Å²) >= 11 is 3.99. The zero-order valence-corrected chi connectivity index (χ0v) is 8.81. The Labute approximate surface area is 91.7 Å². The number of hydrogen-bond acceptors (Lipinski definition) is 2. The summed E-state index contributed by atoms with van der Waals surface area (Å²) in [5, 5.41) is 0. The molecule has 1 rings (SSSR count). The number of alkyl halides is 3. The lowest BCUT2D eigenvalue weighted by Crippen LogP contribution is -2.04. The molecule has 0 amide bonds. The fourth-order valence-electron chi connectivity index (χ4n) is 0.995. The van der Waals surface area contributed by atoms with Gasteiger partial charge in [-0.15, -0.1) is 0 Å². The van der Waals surface area contributed by atoms with Crippen molar-refractivity contribution < 1.29 is 17.9 Å². The lowest BCUT2D eigenvalue weighted by molar-refractivity contribution is -0.137. The molecule has 0 saturated heterocycles. The fraction of sp³-hybridized carbons (Fsp3) is 0.400. The van der Waals surface area contributed by atoms with Crippen molar-refractivity contribution in [2.45, 2.75) is 12.6 Å². The average molecular weight is 236 g/mol. The molecule has 0 aliphatic heterocycles. The molecule has 84 valence electrons. The Balaban J connectivity index is 2.57. The quantitative estimate of drug-likeness (QED) is 0.622. The van der Waals surface area contributed by atoms with Crippen molar-refractivity contribution in [3.8, 4) is 5.75 Å². The van der Waals surface area contributed by atoms with Gasteiger partial charge in [-0.3, -0.25) is 0 Å². The predicted molar refractivity (Wildman–Crippen MR) is 55.4 cm³/mol. The van der Waals surface area contributed by atoms with Crippen LogP contribution < -0.4 is 4.74 Å². The molecule has 0 aromatic heterocycles. The predicted octanol–water partition coefficient (Wildman–Crippen LogP) is 3.40. The van der Waals surface area contributed by atoms with E-state index in [4.69, 9.17) is 4.74 Å². The van der Waals surface area contributed by atoms with Gasteiger partial charge in [-0.05, 0) is 36.4 Å². The summed E-state index contributed by atoms with van der Waals surface area (Å²) in [7, 11) is 0. The van der Waals surface area contributed by atoms with E-state index >= 15 is 0 Å². The number of thiol groups is 1. The molecule has 0 atom stereocenters. The maximum atomic E-state index is 12.2. The molecule has 0 radical (unpaired) electrons. The minimum atomic E-state index is -4.29. The number of hydrogen-bond donors (Lipinski definition) is 1. The second-order valence-electron chi connectivity index (χ2n) is 2.95. The molecule has 0 aliphatic rings. The summed E-state index contributed by atoms with van der Waals surface area (Å²) in [6, 6.07) is 4.66. The summed E-state index contributed by atoms with van der Waals surface area (Å²) < 4.78 is 41.7. The van der Waals surface area contributed by atoms with Gasteiger partial charge in [0.1, 0.15) is 5.75 Å². The zero-order valence-electron chi connectivity index (χ0n) is 7.92. The van der Waals surface area contributed by atoms with Crippen molar-refractivity contribution in [3.05, 3.63) is 29.8 Å². The molecule has 0 unspecified atom stereocenters. The molecule has 0 spiro atoms. The molecule has 15 heavy (non-hydrogen) atoms. The standard InChI is InChI=1S/C10H11F3OS/c11-10(12,13)8-2-4-9(5-3-8)14-6-1-7-15/h2-5,15H,1,6-7H2. The van der Waals surface area contributed by atoms with E-state index in [1.54, 1.807) is 0 Å². The third kappa shape index (κ3) is 4.03. The van der Waals surface area contributed by atoms with E-state index in [0.29, 0.717) is 18.1 Å². The Morgan fingerprint density at radius 2 is 1.73 bits per heavy atom. The topological polar surface area (TPSA) is 9.23 Å². The maximum absolute atomic E-state index is 12.2. The number of halogens is 3. The van der Waals surface area contributed by atoms with E-state index < -0.39 is 11.7 Å². The highest BCUT2D eigenvalue weighted by molar-refractivity contribution is 7.80. The Morgan fingerprint density at radius 3 is 2.20 bits per heavy atom. The van der Waals surface area contributed by atoms with Crippen molar-refractivity contribution in [2.24, 2.45) is 0 Å². The Kier molecular flexibility index (Phi) is 4.32. The molecule has 0 heterocycles. The molecule has 5 heteroatoms. The highest BCUT2D eigenvalue weighted by Gasteiger charge is 2.29. The monoisotopic (exact) mass is 236 g/mol. The summed E-state index contributed by atoms with van der Waals surface area (Å²) in [5.74, 6) is 1.14. The molecule has 0 N–H and O–H groups in total. The molecule has 1 aromatic rings. The molecule has 0 aliphatic carbocycles. The molecule has 1 aromatic carbocycles. The van der Waals surface area contributed by atoms with Gasteiger partial charge in [0.25, 0.3) is 0 Å². The fourth-order valence-corrected chi connectivity index (χ4v) is 1.12. The Hall–Kier alpha value is -0.840. The molecular weight excluding hydrogens is 225 g/mol. The van der Waals surface area contributed by atoms with Crippen LogP contribution >= 0.6 is 12.6 Å². The molecular formula is C10H11F3OS. The van der Waals surface area contributed by atoms with Gasteiger partial charge in [0.05, 0.1) is 12.2 Å². The third-order valence-corrected chi connectivity index (χ3v) is 2.07. The van der Waals surface area contributed by atoms with Gasteiger partial charge in [-0.2, -0.15) is 25.8 Å². The Bertz CT molecular complexity index is 295. The highest BCUT2D eigenvalue weighted by Crippen LogP contribution is 2.30. The average Bonchev–Trinajstić information content (AvgIpc) is 2.18. The van der Waals surface area contributed by atoms with Gasteiger partial charge in [-0.1, -0.05) is 0 Å². The first kappa shape index (κ1) is 12.2. The van der Waals surface area contributed by atoms with Crippen LogP contribution in [-0.2, 0) is 6.18 Å². The number of benzene rings is 1. The van der Waals surface area contributed by atoms with Crippen molar-refractivity contribution in [3.63, 3.8) is 0 Å². The largest absolute Gasteiger partial charge is 0.494 e. The minimum Gasteiger partial charge on any atom is -0.494 e. The third-order valence-electron chi connectivity index (χ3n) is 1.75. The van der Waals surface area contributed by atoms with Crippen LogP contribution in [0.3, 0.4) is 0 Å². The van der Waals surface area contributed by atoms with Crippen LogP contribution in [0.4, 0.5) is 13.2 Å². The van der Waals surface area contributed by atoms with E-state index in [2.05, 4.69) is 12.6 Å². The molecule has 0 bridgehead atoms. The van der Waals surface area contributed by atoms with E-state index in [-0.39, 0.29) is 0 Å². The van der Waals surface area contributed by atoms with E-state index in [9.17, 15) is 13.2 Å². The SMILES string of the molecule is FC(F)(F)c1ccc(OCCCS)cc1. The van der Waals surface area contributed by atoms with Crippen molar-refractivity contribution in [2.75, 3.05) is 12.4 Å². The number of rotatable bonds is 4. The van der Waals surface area contributed by atoms with Crippen molar-refractivity contribution in [1.29, 1.82) is 0 Å². The number of ether oxygens (including phenoxy) is 1. The van der Waals surface area contributed by atoms with E-state index in [1.165, 1.54) is 12.1 Å². The van der Waals surface area contributed by atoms with Gasteiger partial charge in [0.2, 0.25) is 0 Å². The summed E-state index contributed by atoms with van der Waals surface area (Å²) in [6.45, 7) is 0.467. The highest BCUT2D eigenvalue weighted by atomic mass is 32.1. The molecule has 1 nitrogen and oxygen atoms in total. The lowest BCUT2D eigenvalue weighted by atomic mass is 10.2. The summed E-state index contributed by atoms with van der Waals surface area (Å²) in [4.78, 5) is 0.